The lowest BCUT2D eigenvalue weighted by Gasteiger charge is -2.04. The van der Waals surface area contributed by atoms with Crippen molar-refractivity contribution in [2.75, 3.05) is 13.7 Å². The predicted molar refractivity (Wildman–Crippen MR) is 37.0 cm³/mol. The molecule has 0 unspecified atom stereocenters. The summed E-state index contributed by atoms with van der Waals surface area (Å²) >= 11 is 0. The molecule has 1 fully saturated rings. The van der Waals surface area contributed by atoms with Crippen molar-refractivity contribution in [3.63, 3.8) is 0 Å². The molecule has 0 saturated carbocycles. The van der Waals surface area contributed by atoms with Crippen molar-refractivity contribution in [2.45, 2.75) is 12.5 Å². The zero-order valence-electron chi connectivity index (χ0n) is 6.22. The van der Waals surface area contributed by atoms with Crippen molar-refractivity contribution in [2.24, 2.45) is 0 Å². The van der Waals surface area contributed by atoms with Crippen LogP contribution in [0.25, 0.3) is 0 Å². The normalized spacial score (nSPS) is 22.3. The van der Waals surface area contributed by atoms with E-state index in [9.17, 15) is 9.59 Å². The van der Waals surface area contributed by atoms with Crippen LogP contribution < -0.4 is 10.6 Å². The lowest BCUT2D eigenvalue weighted by molar-refractivity contribution is -0.141. The van der Waals surface area contributed by atoms with E-state index >= 15 is 0 Å². The van der Waals surface area contributed by atoms with Gasteiger partial charge in [0.2, 0.25) is 0 Å². The second-order valence-corrected chi connectivity index (χ2v) is 2.33. The van der Waals surface area contributed by atoms with Crippen molar-refractivity contribution in [1.82, 2.24) is 10.6 Å². The fraction of sp³-hybridized carbons (Fsp3) is 0.667. The highest BCUT2D eigenvalue weighted by Gasteiger charge is 2.22. The molecule has 2 N–H and O–H groups in total. The number of nitrogens with one attached hydrogen (secondary N) is 2. The third kappa shape index (κ3) is 2.10. The molecule has 1 heterocycles. The van der Waals surface area contributed by atoms with Crippen molar-refractivity contribution >= 4 is 12.0 Å². The molecule has 5 heteroatoms. The van der Waals surface area contributed by atoms with E-state index < -0.39 is 0 Å². The van der Waals surface area contributed by atoms with Crippen molar-refractivity contribution in [1.29, 1.82) is 0 Å². The number of methoxy groups -OCH3 is 1. The van der Waals surface area contributed by atoms with Gasteiger partial charge < -0.3 is 15.4 Å². The SMILES string of the molecule is COC(=O)C[C@@H]1CNC(=O)N1. The van der Waals surface area contributed by atoms with Gasteiger partial charge in [-0.1, -0.05) is 0 Å². The number of urea groups is 1. The highest BCUT2D eigenvalue weighted by atomic mass is 16.5. The third-order valence-corrected chi connectivity index (χ3v) is 1.48. The standard InChI is InChI=1S/C6H10N2O3/c1-11-5(9)2-4-3-7-6(10)8-4/h4H,2-3H2,1H3,(H2,7,8,10)/t4-/m1/s1. The lowest BCUT2D eigenvalue weighted by Crippen LogP contribution is -2.29. The Labute approximate surface area is 64.1 Å². The highest BCUT2D eigenvalue weighted by molar-refractivity contribution is 5.78. The minimum absolute atomic E-state index is 0.116. The van der Waals surface area contributed by atoms with E-state index in [2.05, 4.69) is 15.4 Å². The second-order valence-electron chi connectivity index (χ2n) is 2.33. The van der Waals surface area contributed by atoms with Gasteiger partial charge in [0.1, 0.15) is 0 Å². The summed E-state index contributed by atoms with van der Waals surface area (Å²) in [6.07, 6.45) is 0.231. The maximum atomic E-state index is 10.7. The Balaban J connectivity index is 2.28. The number of carbonyl (C=O) groups excluding carboxylic acids is 2. The van der Waals surface area contributed by atoms with Gasteiger partial charge in [0.15, 0.2) is 0 Å². The molecule has 1 rings (SSSR count). The van der Waals surface area contributed by atoms with Crippen molar-refractivity contribution < 1.29 is 14.3 Å². The highest BCUT2D eigenvalue weighted by Crippen LogP contribution is 1.97. The number of rotatable bonds is 2. The van der Waals surface area contributed by atoms with Gasteiger partial charge in [-0.05, 0) is 0 Å². The molecular formula is C6H10N2O3. The molecule has 0 bridgehead atoms. The van der Waals surface area contributed by atoms with Crippen molar-refractivity contribution in [3.8, 4) is 0 Å². The molecular weight excluding hydrogens is 148 g/mol. The minimum atomic E-state index is -0.306. The number of hydrogen-bond donors (Lipinski definition) is 2. The fourth-order valence-electron chi connectivity index (χ4n) is 0.911. The Morgan fingerprint density at radius 3 is 3.00 bits per heavy atom. The molecule has 0 aromatic rings. The number of esters is 1. The molecule has 0 aromatic carbocycles. The van der Waals surface area contributed by atoms with Gasteiger partial charge in [-0.3, -0.25) is 4.79 Å². The van der Waals surface area contributed by atoms with E-state index in [4.69, 9.17) is 0 Å². The Bertz CT molecular complexity index is 181. The molecule has 0 aromatic heterocycles. The van der Waals surface area contributed by atoms with E-state index in [0.29, 0.717) is 6.54 Å². The molecule has 1 atom stereocenters. The number of amides is 2. The summed E-state index contributed by atoms with van der Waals surface area (Å²) in [6, 6.07) is -0.339. The second kappa shape index (κ2) is 3.23. The summed E-state index contributed by atoms with van der Waals surface area (Å²) in [5.74, 6) is -0.306. The summed E-state index contributed by atoms with van der Waals surface area (Å²) in [5.41, 5.74) is 0. The molecule has 1 aliphatic heterocycles. The smallest absolute Gasteiger partial charge is 0.315 e. The van der Waals surface area contributed by atoms with Gasteiger partial charge in [0, 0.05) is 6.54 Å². The number of hydrogen-bond acceptors (Lipinski definition) is 3. The number of ether oxygens (including phenoxy) is 1. The largest absolute Gasteiger partial charge is 0.469 e. The van der Waals surface area contributed by atoms with Crippen LogP contribution in [-0.4, -0.2) is 31.7 Å². The predicted octanol–water partition coefficient (Wildman–Crippen LogP) is -0.769. The summed E-state index contributed by atoms with van der Waals surface area (Å²) in [5, 5.41) is 5.11. The van der Waals surface area contributed by atoms with Gasteiger partial charge in [-0.15, -0.1) is 0 Å². The van der Waals surface area contributed by atoms with Gasteiger partial charge in [0.25, 0.3) is 0 Å². The van der Waals surface area contributed by atoms with Crippen LogP contribution >= 0.6 is 0 Å². The molecule has 0 spiro atoms. The Morgan fingerprint density at radius 2 is 2.55 bits per heavy atom. The summed E-state index contributed by atoms with van der Waals surface area (Å²) in [4.78, 5) is 21.2. The average Bonchev–Trinajstić information content (AvgIpc) is 2.35. The first-order valence-electron chi connectivity index (χ1n) is 3.33. The molecule has 1 aliphatic rings. The maximum Gasteiger partial charge on any atom is 0.315 e. The summed E-state index contributed by atoms with van der Waals surface area (Å²) < 4.78 is 4.43. The van der Waals surface area contributed by atoms with E-state index in [1.807, 2.05) is 0 Å². The topological polar surface area (TPSA) is 67.4 Å². The molecule has 0 radical (unpaired) electrons. The van der Waals surface area contributed by atoms with Crippen LogP contribution in [0.5, 0.6) is 0 Å². The summed E-state index contributed by atoms with van der Waals surface area (Å²) in [7, 11) is 1.33. The van der Waals surface area contributed by atoms with Crippen LogP contribution in [-0.2, 0) is 9.53 Å². The Hall–Kier alpha value is -1.26. The van der Waals surface area contributed by atoms with Crippen LogP contribution in [0, 0.1) is 0 Å². The van der Waals surface area contributed by atoms with Gasteiger partial charge in [-0.25, -0.2) is 4.79 Å². The molecule has 1 saturated heterocycles. The minimum Gasteiger partial charge on any atom is -0.469 e. The van der Waals surface area contributed by atoms with E-state index in [0.717, 1.165) is 0 Å². The average molecular weight is 158 g/mol. The Kier molecular flexibility index (Phi) is 2.30. The summed E-state index contributed by atoms with van der Waals surface area (Å²) in [6.45, 7) is 0.494. The van der Waals surface area contributed by atoms with Crippen LogP contribution in [0.2, 0.25) is 0 Å². The van der Waals surface area contributed by atoms with E-state index in [1.165, 1.54) is 7.11 Å². The molecule has 5 nitrogen and oxygen atoms in total. The van der Waals surface area contributed by atoms with E-state index in [1.54, 1.807) is 0 Å². The first kappa shape index (κ1) is 7.84. The fourth-order valence-corrected chi connectivity index (χ4v) is 0.911. The Morgan fingerprint density at radius 1 is 1.82 bits per heavy atom. The molecule has 2 amide bonds. The van der Waals surface area contributed by atoms with Crippen LogP contribution in [0.3, 0.4) is 0 Å². The van der Waals surface area contributed by atoms with E-state index in [-0.39, 0.29) is 24.5 Å². The van der Waals surface area contributed by atoms with Crippen LogP contribution in [0.4, 0.5) is 4.79 Å². The van der Waals surface area contributed by atoms with Gasteiger partial charge in [0.05, 0.1) is 19.6 Å². The first-order chi connectivity index (χ1) is 5.22. The monoisotopic (exact) mass is 158 g/mol. The van der Waals surface area contributed by atoms with Crippen LogP contribution in [0.15, 0.2) is 0 Å². The zero-order chi connectivity index (χ0) is 8.27. The first-order valence-corrected chi connectivity index (χ1v) is 3.33. The molecule has 0 aliphatic carbocycles. The van der Waals surface area contributed by atoms with Crippen molar-refractivity contribution in [3.05, 3.63) is 0 Å². The quantitative estimate of drug-likeness (QED) is 0.518. The maximum absolute atomic E-state index is 10.7. The van der Waals surface area contributed by atoms with Gasteiger partial charge >= 0.3 is 12.0 Å². The van der Waals surface area contributed by atoms with Gasteiger partial charge in [-0.2, -0.15) is 0 Å². The lowest BCUT2D eigenvalue weighted by atomic mass is 10.2. The number of carbonyl (C=O) groups is 2. The zero-order valence-corrected chi connectivity index (χ0v) is 6.22. The third-order valence-electron chi connectivity index (χ3n) is 1.48. The van der Waals surface area contributed by atoms with Crippen LogP contribution in [0.1, 0.15) is 6.42 Å². The molecule has 62 valence electrons. The molecule has 11 heavy (non-hydrogen) atoms.